The second kappa shape index (κ2) is 4.19. The molecule has 0 bridgehead atoms. The Labute approximate surface area is 96.8 Å². The van der Waals surface area contributed by atoms with Crippen LogP contribution in [-0.4, -0.2) is 10.8 Å². The van der Waals surface area contributed by atoms with E-state index in [4.69, 9.17) is 0 Å². The lowest BCUT2D eigenvalue weighted by Crippen LogP contribution is -1.92. The van der Waals surface area contributed by atoms with Crippen molar-refractivity contribution in [3.63, 3.8) is 0 Å². The zero-order chi connectivity index (χ0) is 10.8. The number of aromatic amines is 1. The molecule has 0 aliphatic heterocycles. The SMILES string of the molecule is CC(=O)CCc1c[nH]c2c(Br)cccc12. The van der Waals surface area contributed by atoms with E-state index in [9.17, 15) is 4.79 Å². The second-order valence-electron chi connectivity index (χ2n) is 3.68. The number of H-pyrrole nitrogens is 1. The van der Waals surface area contributed by atoms with Crippen LogP contribution in [0.25, 0.3) is 10.9 Å². The molecule has 0 saturated carbocycles. The summed E-state index contributed by atoms with van der Waals surface area (Å²) >= 11 is 3.49. The lowest BCUT2D eigenvalue weighted by atomic mass is 10.1. The van der Waals surface area contributed by atoms with Crippen molar-refractivity contribution in [2.75, 3.05) is 0 Å². The van der Waals surface area contributed by atoms with Gasteiger partial charge < -0.3 is 9.78 Å². The number of hydrogen-bond acceptors (Lipinski definition) is 1. The highest BCUT2D eigenvalue weighted by Gasteiger charge is 2.06. The number of fused-ring (bicyclic) bond motifs is 1. The van der Waals surface area contributed by atoms with Crippen LogP contribution in [0, 0.1) is 0 Å². The smallest absolute Gasteiger partial charge is 0.130 e. The van der Waals surface area contributed by atoms with Crippen molar-refractivity contribution in [3.05, 3.63) is 34.4 Å². The van der Waals surface area contributed by atoms with Crippen molar-refractivity contribution in [2.45, 2.75) is 19.8 Å². The molecule has 3 heteroatoms. The third-order valence-electron chi connectivity index (χ3n) is 2.50. The van der Waals surface area contributed by atoms with E-state index in [-0.39, 0.29) is 5.78 Å². The monoisotopic (exact) mass is 265 g/mol. The Morgan fingerprint density at radius 2 is 2.27 bits per heavy atom. The fraction of sp³-hybridized carbons (Fsp3) is 0.250. The van der Waals surface area contributed by atoms with Crippen LogP contribution in [0.2, 0.25) is 0 Å². The van der Waals surface area contributed by atoms with Crippen LogP contribution >= 0.6 is 15.9 Å². The number of carbonyl (C=O) groups is 1. The summed E-state index contributed by atoms with van der Waals surface area (Å²) in [4.78, 5) is 14.1. The molecule has 78 valence electrons. The molecule has 0 atom stereocenters. The maximum atomic E-state index is 10.9. The minimum atomic E-state index is 0.236. The largest absolute Gasteiger partial charge is 0.360 e. The summed E-state index contributed by atoms with van der Waals surface area (Å²) < 4.78 is 1.06. The molecule has 0 spiro atoms. The third-order valence-corrected chi connectivity index (χ3v) is 3.16. The van der Waals surface area contributed by atoms with Crippen molar-refractivity contribution in [1.29, 1.82) is 0 Å². The summed E-state index contributed by atoms with van der Waals surface area (Å²) in [5.74, 6) is 0.236. The quantitative estimate of drug-likeness (QED) is 0.906. The van der Waals surface area contributed by atoms with Gasteiger partial charge in [0.15, 0.2) is 0 Å². The molecule has 1 aromatic carbocycles. The van der Waals surface area contributed by atoms with Gasteiger partial charge in [-0.3, -0.25) is 0 Å². The second-order valence-corrected chi connectivity index (χ2v) is 4.53. The molecular weight excluding hydrogens is 254 g/mol. The number of halogens is 1. The highest BCUT2D eigenvalue weighted by Crippen LogP contribution is 2.26. The number of para-hydroxylation sites is 1. The predicted molar refractivity (Wildman–Crippen MR) is 65.0 cm³/mol. The fourth-order valence-corrected chi connectivity index (χ4v) is 2.17. The molecule has 2 aromatic rings. The lowest BCUT2D eigenvalue weighted by molar-refractivity contribution is -0.116. The van der Waals surface area contributed by atoms with E-state index >= 15 is 0 Å². The molecule has 15 heavy (non-hydrogen) atoms. The molecule has 1 heterocycles. The van der Waals surface area contributed by atoms with E-state index < -0.39 is 0 Å². The Kier molecular flexibility index (Phi) is 2.91. The summed E-state index contributed by atoms with van der Waals surface area (Å²) in [6.07, 6.45) is 3.41. The fourth-order valence-electron chi connectivity index (χ4n) is 1.69. The summed E-state index contributed by atoms with van der Waals surface area (Å²) in [5, 5.41) is 1.20. The lowest BCUT2D eigenvalue weighted by Gasteiger charge is -1.97. The number of nitrogens with one attached hydrogen (secondary N) is 1. The van der Waals surface area contributed by atoms with Crippen LogP contribution in [0.4, 0.5) is 0 Å². The first-order chi connectivity index (χ1) is 7.18. The molecule has 0 radical (unpaired) electrons. The van der Waals surface area contributed by atoms with Crippen LogP contribution in [-0.2, 0) is 11.2 Å². The van der Waals surface area contributed by atoms with Gasteiger partial charge in [0.05, 0.1) is 5.52 Å². The van der Waals surface area contributed by atoms with E-state index in [1.54, 1.807) is 6.92 Å². The molecule has 0 aliphatic carbocycles. The van der Waals surface area contributed by atoms with Crippen molar-refractivity contribution < 1.29 is 4.79 Å². The van der Waals surface area contributed by atoms with Gasteiger partial charge in [0.25, 0.3) is 0 Å². The normalized spacial score (nSPS) is 10.8. The standard InChI is InChI=1S/C12H12BrNO/c1-8(15)5-6-9-7-14-12-10(9)3-2-4-11(12)13/h2-4,7,14H,5-6H2,1H3. The maximum Gasteiger partial charge on any atom is 0.130 e. The number of ketones is 1. The highest BCUT2D eigenvalue weighted by atomic mass is 79.9. The Balaban J connectivity index is 2.37. The zero-order valence-corrected chi connectivity index (χ0v) is 10.1. The van der Waals surface area contributed by atoms with Gasteiger partial charge in [-0.1, -0.05) is 12.1 Å². The number of benzene rings is 1. The van der Waals surface area contributed by atoms with Gasteiger partial charge in [-0.05, 0) is 40.9 Å². The molecule has 2 rings (SSSR count). The molecule has 1 aromatic heterocycles. The first-order valence-electron chi connectivity index (χ1n) is 4.92. The molecule has 0 fully saturated rings. The van der Waals surface area contributed by atoms with Crippen molar-refractivity contribution in [3.8, 4) is 0 Å². The number of carbonyl (C=O) groups excluding carboxylic acids is 1. The van der Waals surface area contributed by atoms with Crippen molar-refractivity contribution in [2.24, 2.45) is 0 Å². The van der Waals surface area contributed by atoms with Crippen molar-refractivity contribution >= 4 is 32.6 Å². The molecule has 0 unspecified atom stereocenters. The summed E-state index contributed by atoms with van der Waals surface area (Å²) in [6, 6.07) is 6.09. The van der Waals surface area contributed by atoms with Gasteiger partial charge >= 0.3 is 0 Å². The van der Waals surface area contributed by atoms with Gasteiger partial charge in [0.1, 0.15) is 5.78 Å². The van der Waals surface area contributed by atoms with Crippen molar-refractivity contribution in [1.82, 2.24) is 4.98 Å². The maximum absolute atomic E-state index is 10.9. The van der Waals surface area contributed by atoms with Crippen LogP contribution < -0.4 is 0 Å². The van der Waals surface area contributed by atoms with Gasteiger partial charge in [-0.2, -0.15) is 0 Å². The van der Waals surface area contributed by atoms with Crippen LogP contribution in [0.5, 0.6) is 0 Å². The van der Waals surface area contributed by atoms with E-state index in [1.165, 1.54) is 10.9 Å². The topological polar surface area (TPSA) is 32.9 Å². The van der Waals surface area contributed by atoms with Gasteiger partial charge in [0.2, 0.25) is 0 Å². The van der Waals surface area contributed by atoms with E-state index in [0.29, 0.717) is 6.42 Å². The number of Topliss-reactive ketones (excluding diaryl/α,β-unsaturated/α-hetero) is 1. The molecule has 2 nitrogen and oxygen atoms in total. The first kappa shape index (κ1) is 10.4. The Hall–Kier alpha value is -1.09. The van der Waals surface area contributed by atoms with Gasteiger partial charge in [-0.25, -0.2) is 0 Å². The third kappa shape index (κ3) is 2.12. The number of hydrogen-bond donors (Lipinski definition) is 1. The van der Waals surface area contributed by atoms with Gasteiger partial charge in [0, 0.05) is 22.5 Å². The van der Waals surface area contributed by atoms with Crippen LogP contribution in [0.3, 0.4) is 0 Å². The van der Waals surface area contributed by atoms with Crippen LogP contribution in [0.15, 0.2) is 28.9 Å². The molecule has 0 saturated heterocycles. The summed E-state index contributed by atoms with van der Waals surface area (Å²) in [7, 11) is 0. The minimum Gasteiger partial charge on any atom is -0.360 e. The van der Waals surface area contributed by atoms with E-state index in [0.717, 1.165) is 16.4 Å². The summed E-state index contributed by atoms with van der Waals surface area (Å²) in [5.41, 5.74) is 2.32. The molecule has 1 N–H and O–H groups in total. The predicted octanol–water partition coefficient (Wildman–Crippen LogP) is 3.45. The Morgan fingerprint density at radius 3 is 3.00 bits per heavy atom. The number of rotatable bonds is 3. The summed E-state index contributed by atoms with van der Waals surface area (Å²) in [6.45, 7) is 1.63. The molecule has 0 amide bonds. The molecular formula is C12H12BrNO. The highest BCUT2D eigenvalue weighted by molar-refractivity contribution is 9.10. The Morgan fingerprint density at radius 1 is 1.47 bits per heavy atom. The van der Waals surface area contributed by atoms with Crippen LogP contribution in [0.1, 0.15) is 18.9 Å². The number of aryl methyl sites for hydroxylation is 1. The average Bonchev–Trinajstić information content (AvgIpc) is 2.59. The van der Waals surface area contributed by atoms with Gasteiger partial charge in [-0.15, -0.1) is 0 Å². The van der Waals surface area contributed by atoms with E-state index in [1.807, 2.05) is 18.3 Å². The zero-order valence-electron chi connectivity index (χ0n) is 8.51. The Bertz CT molecular complexity index is 501. The minimum absolute atomic E-state index is 0.236. The first-order valence-corrected chi connectivity index (χ1v) is 5.71. The van der Waals surface area contributed by atoms with E-state index in [2.05, 4.69) is 27.0 Å². The number of aromatic nitrogens is 1. The molecule has 0 aliphatic rings. The average molecular weight is 266 g/mol.